The first kappa shape index (κ1) is 19.6. The molecule has 138 valence electrons. The third kappa shape index (κ3) is 6.29. The Morgan fingerprint density at radius 3 is 2.62 bits per heavy atom. The Labute approximate surface area is 154 Å². The standard InChI is InChI=1S/C20H26N4O2/c1-15-6-4-7-16(12-15)14-23-20(26)18-13-17(8-10-21-18)19(25)22-9-5-11-24(2)3/h4,6-8,10,12-13H,5,9,11,14H2,1-3H3,(H,22,25)(H,23,26). The maximum absolute atomic E-state index is 12.3. The summed E-state index contributed by atoms with van der Waals surface area (Å²) in [6.45, 7) is 3.92. The number of rotatable bonds is 8. The topological polar surface area (TPSA) is 74.3 Å². The van der Waals surface area contributed by atoms with E-state index in [1.54, 1.807) is 6.07 Å². The number of nitrogens with one attached hydrogen (secondary N) is 2. The molecule has 0 fully saturated rings. The minimum absolute atomic E-state index is 0.195. The summed E-state index contributed by atoms with van der Waals surface area (Å²) in [5, 5.41) is 5.69. The van der Waals surface area contributed by atoms with Crippen molar-refractivity contribution in [3.8, 4) is 0 Å². The van der Waals surface area contributed by atoms with Crippen LogP contribution in [0.1, 0.15) is 38.4 Å². The number of carbonyl (C=O) groups is 2. The number of hydrogen-bond acceptors (Lipinski definition) is 4. The Balaban J connectivity index is 1.90. The summed E-state index contributed by atoms with van der Waals surface area (Å²) in [4.78, 5) is 30.6. The first-order chi connectivity index (χ1) is 12.5. The predicted molar refractivity (Wildman–Crippen MR) is 102 cm³/mol. The molecule has 1 aromatic heterocycles. The Hall–Kier alpha value is -2.73. The zero-order chi connectivity index (χ0) is 18.9. The van der Waals surface area contributed by atoms with Crippen molar-refractivity contribution in [1.82, 2.24) is 20.5 Å². The smallest absolute Gasteiger partial charge is 0.270 e. The lowest BCUT2D eigenvalue weighted by Gasteiger charge is -2.10. The van der Waals surface area contributed by atoms with Gasteiger partial charge in [-0.3, -0.25) is 14.6 Å². The molecule has 0 spiro atoms. The Kier molecular flexibility index (Phi) is 7.29. The van der Waals surface area contributed by atoms with Gasteiger partial charge in [-0.1, -0.05) is 29.8 Å². The molecule has 6 nitrogen and oxygen atoms in total. The van der Waals surface area contributed by atoms with Gasteiger partial charge < -0.3 is 15.5 Å². The number of carbonyl (C=O) groups excluding carboxylic acids is 2. The summed E-state index contributed by atoms with van der Waals surface area (Å²) in [5.41, 5.74) is 2.83. The number of amides is 2. The van der Waals surface area contributed by atoms with Crippen molar-refractivity contribution >= 4 is 11.8 Å². The molecule has 2 rings (SSSR count). The van der Waals surface area contributed by atoms with Crippen molar-refractivity contribution in [2.24, 2.45) is 0 Å². The maximum Gasteiger partial charge on any atom is 0.270 e. The molecule has 0 unspecified atom stereocenters. The molecule has 0 bridgehead atoms. The van der Waals surface area contributed by atoms with Crippen LogP contribution in [0.5, 0.6) is 0 Å². The number of benzene rings is 1. The van der Waals surface area contributed by atoms with E-state index < -0.39 is 0 Å². The van der Waals surface area contributed by atoms with E-state index in [-0.39, 0.29) is 17.5 Å². The van der Waals surface area contributed by atoms with Crippen LogP contribution >= 0.6 is 0 Å². The highest BCUT2D eigenvalue weighted by Gasteiger charge is 2.11. The maximum atomic E-state index is 12.3. The Morgan fingerprint density at radius 1 is 1.08 bits per heavy atom. The largest absolute Gasteiger partial charge is 0.352 e. The highest BCUT2D eigenvalue weighted by atomic mass is 16.2. The lowest BCUT2D eigenvalue weighted by molar-refractivity contribution is 0.0946. The van der Waals surface area contributed by atoms with E-state index in [4.69, 9.17) is 0 Å². The normalized spacial score (nSPS) is 10.6. The van der Waals surface area contributed by atoms with Crippen LogP contribution in [0.3, 0.4) is 0 Å². The first-order valence-corrected chi connectivity index (χ1v) is 8.68. The van der Waals surface area contributed by atoms with E-state index in [0.29, 0.717) is 18.7 Å². The molecular formula is C20H26N4O2. The quantitative estimate of drug-likeness (QED) is 0.711. The van der Waals surface area contributed by atoms with Gasteiger partial charge in [-0.15, -0.1) is 0 Å². The van der Waals surface area contributed by atoms with E-state index in [1.807, 2.05) is 45.3 Å². The van der Waals surface area contributed by atoms with E-state index in [2.05, 4.69) is 20.5 Å². The second kappa shape index (κ2) is 9.68. The zero-order valence-corrected chi connectivity index (χ0v) is 15.6. The average Bonchev–Trinajstić information content (AvgIpc) is 2.63. The van der Waals surface area contributed by atoms with Gasteiger partial charge in [0.1, 0.15) is 5.69 Å². The lowest BCUT2D eigenvalue weighted by atomic mass is 10.1. The number of hydrogen-bond donors (Lipinski definition) is 2. The van der Waals surface area contributed by atoms with Crippen LogP contribution in [-0.2, 0) is 6.54 Å². The van der Waals surface area contributed by atoms with Crippen LogP contribution in [0.4, 0.5) is 0 Å². The average molecular weight is 354 g/mol. The van der Waals surface area contributed by atoms with Gasteiger partial charge in [0.2, 0.25) is 0 Å². The van der Waals surface area contributed by atoms with Crippen molar-refractivity contribution < 1.29 is 9.59 Å². The number of aryl methyl sites for hydroxylation is 1. The summed E-state index contributed by atoms with van der Waals surface area (Å²) >= 11 is 0. The fourth-order valence-electron chi connectivity index (χ4n) is 2.49. The molecule has 2 amide bonds. The first-order valence-electron chi connectivity index (χ1n) is 8.68. The number of aromatic nitrogens is 1. The Bertz CT molecular complexity index is 759. The van der Waals surface area contributed by atoms with E-state index in [1.165, 1.54) is 12.3 Å². The minimum atomic E-state index is -0.297. The van der Waals surface area contributed by atoms with E-state index >= 15 is 0 Å². The molecule has 1 heterocycles. The molecule has 2 N–H and O–H groups in total. The van der Waals surface area contributed by atoms with E-state index in [9.17, 15) is 9.59 Å². The van der Waals surface area contributed by atoms with Gasteiger partial charge in [0, 0.05) is 24.8 Å². The van der Waals surface area contributed by atoms with Crippen LogP contribution in [0.15, 0.2) is 42.6 Å². The number of pyridine rings is 1. The van der Waals surface area contributed by atoms with Crippen LogP contribution in [0.2, 0.25) is 0 Å². The molecule has 0 saturated heterocycles. The van der Waals surface area contributed by atoms with Gasteiger partial charge >= 0.3 is 0 Å². The van der Waals surface area contributed by atoms with Crippen molar-refractivity contribution in [3.63, 3.8) is 0 Å². The van der Waals surface area contributed by atoms with Crippen LogP contribution in [-0.4, -0.2) is 48.9 Å². The van der Waals surface area contributed by atoms with Crippen molar-refractivity contribution in [2.75, 3.05) is 27.2 Å². The number of nitrogens with zero attached hydrogens (tertiary/aromatic N) is 2. The second-order valence-corrected chi connectivity index (χ2v) is 6.51. The van der Waals surface area contributed by atoms with Gasteiger partial charge in [-0.25, -0.2) is 0 Å². The van der Waals surface area contributed by atoms with Gasteiger partial charge in [0.05, 0.1) is 0 Å². The monoisotopic (exact) mass is 354 g/mol. The lowest BCUT2D eigenvalue weighted by Crippen LogP contribution is -2.28. The molecule has 0 radical (unpaired) electrons. The van der Waals surface area contributed by atoms with Crippen LogP contribution in [0.25, 0.3) is 0 Å². The molecule has 0 saturated carbocycles. The zero-order valence-electron chi connectivity index (χ0n) is 15.6. The SMILES string of the molecule is Cc1cccc(CNC(=O)c2cc(C(=O)NCCCN(C)C)ccn2)c1. The second-order valence-electron chi connectivity index (χ2n) is 6.51. The molecule has 6 heteroatoms. The van der Waals surface area contributed by atoms with Crippen molar-refractivity contribution in [2.45, 2.75) is 19.9 Å². The molecule has 26 heavy (non-hydrogen) atoms. The van der Waals surface area contributed by atoms with Crippen molar-refractivity contribution in [3.05, 3.63) is 65.0 Å². The predicted octanol–water partition coefficient (Wildman–Crippen LogP) is 2.00. The molecule has 0 aliphatic carbocycles. The molecule has 1 aromatic carbocycles. The third-order valence-electron chi connectivity index (χ3n) is 3.86. The minimum Gasteiger partial charge on any atom is -0.352 e. The van der Waals surface area contributed by atoms with E-state index in [0.717, 1.165) is 24.1 Å². The molecular weight excluding hydrogens is 328 g/mol. The molecule has 0 atom stereocenters. The highest BCUT2D eigenvalue weighted by Crippen LogP contribution is 2.05. The fraction of sp³-hybridized carbons (Fsp3) is 0.350. The van der Waals surface area contributed by atoms with Gasteiger partial charge in [-0.2, -0.15) is 0 Å². The highest BCUT2D eigenvalue weighted by molar-refractivity contribution is 5.98. The summed E-state index contributed by atoms with van der Waals surface area (Å²) in [6.07, 6.45) is 2.35. The van der Waals surface area contributed by atoms with Crippen molar-refractivity contribution in [1.29, 1.82) is 0 Å². The Morgan fingerprint density at radius 2 is 1.88 bits per heavy atom. The van der Waals surface area contributed by atoms with Crippen LogP contribution < -0.4 is 10.6 Å². The fourth-order valence-corrected chi connectivity index (χ4v) is 2.49. The summed E-state index contributed by atoms with van der Waals surface area (Å²) in [5.74, 6) is -0.493. The third-order valence-corrected chi connectivity index (χ3v) is 3.86. The van der Waals surface area contributed by atoms with Gasteiger partial charge in [-0.05, 0) is 51.7 Å². The van der Waals surface area contributed by atoms with Gasteiger partial charge in [0.25, 0.3) is 11.8 Å². The van der Waals surface area contributed by atoms with Crippen LogP contribution in [0, 0.1) is 6.92 Å². The molecule has 0 aliphatic rings. The molecule has 0 aliphatic heterocycles. The molecule has 2 aromatic rings. The summed E-state index contributed by atoms with van der Waals surface area (Å²) in [7, 11) is 3.98. The summed E-state index contributed by atoms with van der Waals surface area (Å²) < 4.78 is 0. The van der Waals surface area contributed by atoms with Gasteiger partial charge in [0.15, 0.2) is 0 Å². The summed E-state index contributed by atoms with van der Waals surface area (Å²) in [6, 6.07) is 11.1.